The van der Waals surface area contributed by atoms with E-state index in [1.807, 2.05) is 6.92 Å². The molecule has 0 saturated heterocycles. The minimum Gasteiger partial charge on any atom is -0.361 e. The van der Waals surface area contributed by atoms with Gasteiger partial charge in [0.1, 0.15) is 5.01 Å². The lowest BCUT2D eigenvalue weighted by Crippen LogP contribution is -2.12. The van der Waals surface area contributed by atoms with Gasteiger partial charge >= 0.3 is 0 Å². The first-order chi connectivity index (χ1) is 8.19. The molecular weight excluding hydrogens is 243 g/mol. The number of aromatic nitrogens is 3. The highest BCUT2D eigenvalue weighted by molar-refractivity contribution is 7.11. The predicted molar refractivity (Wildman–Crippen MR) is 64.0 cm³/mol. The van der Waals surface area contributed by atoms with Crippen molar-refractivity contribution < 1.29 is 4.39 Å². The van der Waals surface area contributed by atoms with Gasteiger partial charge in [-0.1, -0.05) is 0 Å². The first-order valence-electron chi connectivity index (χ1n) is 4.83. The monoisotopic (exact) mass is 254 g/mol. The van der Waals surface area contributed by atoms with Crippen molar-refractivity contribution >= 4 is 23.1 Å². The third-order valence-electron chi connectivity index (χ3n) is 1.95. The van der Waals surface area contributed by atoms with Crippen LogP contribution in [0, 0.1) is 12.7 Å². The Labute approximate surface area is 101 Å². The number of nitrogens with one attached hydrogen (secondary N) is 2. The molecule has 0 aliphatic heterocycles. The number of nitrogens with zero attached hydrogens (tertiary/aromatic N) is 3. The van der Waals surface area contributed by atoms with Crippen LogP contribution >= 0.6 is 11.3 Å². The quantitative estimate of drug-likeness (QED) is 0.562. The van der Waals surface area contributed by atoms with E-state index >= 15 is 0 Å². The maximum Gasteiger partial charge on any atom is 0.239 e. The van der Waals surface area contributed by atoms with Gasteiger partial charge in [-0.15, -0.1) is 11.3 Å². The smallest absolute Gasteiger partial charge is 0.239 e. The largest absolute Gasteiger partial charge is 0.361 e. The van der Waals surface area contributed by atoms with Crippen molar-refractivity contribution in [2.75, 3.05) is 10.7 Å². The molecule has 0 atom stereocenters. The van der Waals surface area contributed by atoms with E-state index in [4.69, 9.17) is 5.84 Å². The van der Waals surface area contributed by atoms with Crippen LogP contribution in [-0.4, -0.2) is 15.0 Å². The number of hydrogen-bond acceptors (Lipinski definition) is 7. The Balaban J connectivity index is 2.07. The van der Waals surface area contributed by atoms with E-state index in [1.165, 1.54) is 0 Å². The van der Waals surface area contributed by atoms with Crippen molar-refractivity contribution in [2.45, 2.75) is 13.5 Å². The molecule has 2 rings (SSSR count). The summed E-state index contributed by atoms with van der Waals surface area (Å²) in [6.07, 6.45) is 2.82. The first kappa shape index (κ1) is 11.7. The molecule has 90 valence electrons. The van der Waals surface area contributed by atoms with Crippen molar-refractivity contribution in [2.24, 2.45) is 5.84 Å². The van der Waals surface area contributed by atoms with Crippen molar-refractivity contribution in [1.29, 1.82) is 0 Å². The van der Waals surface area contributed by atoms with E-state index in [2.05, 4.69) is 25.7 Å². The molecule has 8 heteroatoms. The molecule has 0 radical (unpaired) electrons. The van der Waals surface area contributed by atoms with Gasteiger partial charge in [0.2, 0.25) is 5.95 Å². The number of nitrogens with two attached hydrogens (primary N) is 1. The van der Waals surface area contributed by atoms with Gasteiger partial charge in [-0.3, -0.25) is 5.43 Å². The third kappa shape index (κ3) is 2.86. The van der Waals surface area contributed by atoms with Crippen LogP contribution in [0.25, 0.3) is 0 Å². The third-order valence-corrected chi connectivity index (χ3v) is 2.86. The highest BCUT2D eigenvalue weighted by Crippen LogP contribution is 2.15. The summed E-state index contributed by atoms with van der Waals surface area (Å²) in [6.45, 7) is 2.37. The normalized spacial score (nSPS) is 10.3. The van der Waals surface area contributed by atoms with Crippen LogP contribution in [-0.2, 0) is 6.54 Å². The van der Waals surface area contributed by atoms with E-state index < -0.39 is 5.82 Å². The van der Waals surface area contributed by atoms with E-state index in [9.17, 15) is 4.39 Å². The molecule has 0 amide bonds. The summed E-state index contributed by atoms with van der Waals surface area (Å²) in [5, 5.41) is 3.71. The fraction of sp³-hybridized carbons (Fsp3) is 0.222. The van der Waals surface area contributed by atoms with E-state index in [-0.39, 0.29) is 11.8 Å². The zero-order chi connectivity index (χ0) is 12.3. The molecule has 2 aromatic rings. The van der Waals surface area contributed by atoms with Crippen LogP contribution in [0.2, 0.25) is 0 Å². The second kappa shape index (κ2) is 5.02. The first-order valence-corrected chi connectivity index (χ1v) is 5.65. The highest BCUT2D eigenvalue weighted by atomic mass is 32.1. The molecule has 6 nitrogen and oxygen atoms in total. The SMILES string of the molecule is Cc1cnc(CNc2nc(NN)ncc2F)s1. The van der Waals surface area contributed by atoms with Gasteiger partial charge in [-0.2, -0.15) is 4.98 Å². The molecule has 17 heavy (non-hydrogen) atoms. The Morgan fingerprint density at radius 2 is 2.24 bits per heavy atom. The summed E-state index contributed by atoms with van der Waals surface area (Å²) >= 11 is 1.54. The molecule has 0 aliphatic rings. The summed E-state index contributed by atoms with van der Waals surface area (Å²) in [6, 6.07) is 0. The van der Waals surface area contributed by atoms with Gasteiger partial charge < -0.3 is 5.32 Å². The second-order valence-corrected chi connectivity index (χ2v) is 4.57. The van der Waals surface area contributed by atoms with Crippen LogP contribution in [0.5, 0.6) is 0 Å². The van der Waals surface area contributed by atoms with E-state index in [0.29, 0.717) is 6.54 Å². The summed E-state index contributed by atoms with van der Waals surface area (Å²) in [5.74, 6) is 4.87. The van der Waals surface area contributed by atoms with Crippen LogP contribution < -0.4 is 16.6 Å². The molecule has 0 aliphatic carbocycles. The van der Waals surface area contributed by atoms with Gasteiger partial charge in [-0.05, 0) is 6.92 Å². The van der Waals surface area contributed by atoms with Crippen molar-refractivity contribution in [3.8, 4) is 0 Å². The summed E-state index contributed by atoms with van der Waals surface area (Å²) in [4.78, 5) is 12.8. The Morgan fingerprint density at radius 3 is 2.88 bits per heavy atom. The van der Waals surface area contributed by atoms with Gasteiger partial charge in [0.05, 0.1) is 12.7 Å². The van der Waals surface area contributed by atoms with Gasteiger partial charge in [0.15, 0.2) is 11.6 Å². The fourth-order valence-corrected chi connectivity index (χ4v) is 1.93. The molecular formula is C9H11FN6S. The Bertz CT molecular complexity index is 514. The lowest BCUT2D eigenvalue weighted by molar-refractivity contribution is 0.617. The molecule has 0 aromatic carbocycles. The molecule has 0 unspecified atom stereocenters. The maximum atomic E-state index is 13.3. The van der Waals surface area contributed by atoms with E-state index in [1.54, 1.807) is 17.5 Å². The number of thiazole rings is 1. The topological polar surface area (TPSA) is 88.8 Å². The minimum atomic E-state index is -0.530. The van der Waals surface area contributed by atoms with Gasteiger partial charge in [-0.25, -0.2) is 20.2 Å². The highest BCUT2D eigenvalue weighted by Gasteiger charge is 2.07. The maximum absolute atomic E-state index is 13.3. The Hall–Kier alpha value is -1.80. The Kier molecular flexibility index (Phi) is 3.45. The number of halogens is 1. The zero-order valence-electron chi connectivity index (χ0n) is 9.07. The van der Waals surface area contributed by atoms with Crippen molar-refractivity contribution in [3.05, 3.63) is 28.1 Å². The molecule has 2 aromatic heterocycles. The lowest BCUT2D eigenvalue weighted by atomic mass is 10.5. The lowest BCUT2D eigenvalue weighted by Gasteiger charge is -2.05. The number of rotatable bonds is 4. The number of hydrogen-bond donors (Lipinski definition) is 3. The molecule has 0 spiro atoms. The standard InChI is InChI=1S/C9H11FN6S/c1-5-2-12-7(17-5)4-13-8-6(10)3-14-9(15-8)16-11/h2-3H,4,11H2,1H3,(H2,13,14,15,16). The summed E-state index contributed by atoms with van der Waals surface area (Å²) < 4.78 is 13.3. The average Bonchev–Trinajstić information content (AvgIpc) is 2.74. The zero-order valence-corrected chi connectivity index (χ0v) is 9.88. The molecule has 4 N–H and O–H groups in total. The van der Waals surface area contributed by atoms with Gasteiger partial charge in [0.25, 0.3) is 0 Å². The number of nitrogen functional groups attached to an aromatic ring is 1. The fourth-order valence-electron chi connectivity index (χ4n) is 1.20. The molecule has 0 bridgehead atoms. The average molecular weight is 254 g/mol. The van der Waals surface area contributed by atoms with Gasteiger partial charge in [0, 0.05) is 11.1 Å². The molecule has 0 saturated carbocycles. The van der Waals surface area contributed by atoms with Crippen molar-refractivity contribution in [3.63, 3.8) is 0 Å². The molecule has 2 heterocycles. The number of hydrazine groups is 1. The van der Waals surface area contributed by atoms with Crippen molar-refractivity contribution in [1.82, 2.24) is 15.0 Å². The minimum absolute atomic E-state index is 0.0980. The number of aryl methyl sites for hydroxylation is 1. The summed E-state index contributed by atoms with van der Waals surface area (Å²) in [7, 11) is 0. The van der Waals surface area contributed by atoms with E-state index in [0.717, 1.165) is 16.1 Å². The summed E-state index contributed by atoms with van der Waals surface area (Å²) in [5.41, 5.74) is 2.25. The van der Waals surface area contributed by atoms with Crippen LogP contribution in [0.1, 0.15) is 9.88 Å². The predicted octanol–water partition coefficient (Wildman–Crippen LogP) is 1.28. The number of anilines is 2. The second-order valence-electron chi connectivity index (χ2n) is 3.25. The van der Waals surface area contributed by atoms with Crippen LogP contribution in [0.15, 0.2) is 12.4 Å². The van der Waals surface area contributed by atoms with Crippen LogP contribution in [0.4, 0.5) is 16.2 Å². The Morgan fingerprint density at radius 1 is 1.41 bits per heavy atom. The van der Waals surface area contributed by atoms with Crippen LogP contribution in [0.3, 0.4) is 0 Å². The molecule has 0 fully saturated rings.